The number of hydrogen-bond donors (Lipinski definition) is 0. The highest BCUT2D eigenvalue weighted by atomic mass is 15.3. The molecule has 1 saturated carbocycles. The molecule has 1 saturated heterocycles. The van der Waals surface area contributed by atoms with Crippen LogP contribution in [0.3, 0.4) is 0 Å². The highest BCUT2D eigenvalue weighted by Gasteiger charge is 2.60. The summed E-state index contributed by atoms with van der Waals surface area (Å²) in [6.45, 7) is 5.93. The van der Waals surface area contributed by atoms with Crippen molar-refractivity contribution >= 4 is 0 Å². The third kappa shape index (κ3) is 3.34. The van der Waals surface area contributed by atoms with Gasteiger partial charge in [0.2, 0.25) is 0 Å². The molecule has 1 aliphatic carbocycles. The summed E-state index contributed by atoms with van der Waals surface area (Å²) in [6.07, 6.45) is 7.52. The van der Waals surface area contributed by atoms with E-state index in [1.165, 1.54) is 23.1 Å². The van der Waals surface area contributed by atoms with Crippen molar-refractivity contribution in [2.24, 2.45) is 5.92 Å². The molecule has 2 atom stereocenters. The van der Waals surface area contributed by atoms with Crippen LogP contribution in [-0.2, 0) is 18.5 Å². The van der Waals surface area contributed by atoms with Gasteiger partial charge in [-0.1, -0.05) is 29.8 Å². The molecule has 5 heteroatoms. The van der Waals surface area contributed by atoms with Gasteiger partial charge in [-0.2, -0.15) is 10.4 Å². The van der Waals surface area contributed by atoms with Crippen molar-refractivity contribution in [3.8, 4) is 17.3 Å². The first kappa shape index (κ1) is 18.1. The average Bonchev–Trinajstić information content (AvgIpc) is 3.10. The summed E-state index contributed by atoms with van der Waals surface area (Å²) in [4.78, 5) is 6.71. The molecule has 5 rings (SSSR count). The zero-order valence-electron chi connectivity index (χ0n) is 16.8. The van der Waals surface area contributed by atoms with Crippen LogP contribution >= 0.6 is 0 Å². The van der Waals surface area contributed by atoms with Crippen LogP contribution in [-0.4, -0.2) is 32.8 Å². The molecule has 1 aliphatic heterocycles. The van der Waals surface area contributed by atoms with Crippen LogP contribution in [0.2, 0.25) is 0 Å². The second-order valence-electron chi connectivity index (χ2n) is 8.50. The van der Waals surface area contributed by atoms with Crippen molar-refractivity contribution in [3.05, 3.63) is 71.7 Å². The van der Waals surface area contributed by atoms with E-state index in [9.17, 15) is 0 Å². The first-order chi connectivity index (χ1) is 14.2. The predicted octanol–water partition coefficient (Wildman–Crippen LogP) is 3.94. The van der Waals surface area contributed by atoms with Gasteiger partial charge in [-0.05, 0) is 37.0 Å². The number of benzene rings is 1. The topological polar surface area (TPSA) is 57.7 Å². The molecule has 0 bridgehead atoms. The van der Waals surface area contributed by atoms with E-state index in [1.54, 1.807) is 0 Å². The second kappa shape index (κ2) is 7.13. The van der Waals surface area contributed by atoms with Crippen molar-refractivity contribution < 1.29 is 0 Å². The van der Waals surface area contributed by atoms with Crippen LogP contribution in [0.15, 0.2) is 55.0 Å². The number of aryl methyl sites for hydroxylation is 2. The number of hydrogen-bond acceptors (Lipinski definition) is 4. The van der Waals surface area contributed by atoms with E-state index in [0.29, 0.717) is 18.4 Å². The Hall–Kier alpha value is -2.97. The van der Waals surface area contributed by atoms with Crippen LogP contribution in [0.5, 0.6) is 0 Å². The number of fused-ring (bicyclic) bond motifs is 1. The molecule has 2 aliphatic rings. The Labute approximate surface area is 171 Å². The molecule has 2 fully saturated rings. The predicted molar refractivity (Wildman–Crippen MR) is 112 cm³/mol. The van der Waals surface area contributed by atoms with E-state index in [2.05, 4.69) is 53.3 Å². The van der Waals surface area contributed by atoms with Crippen molar-refractivity contribution in [3.63, 3.8) is 0 Å². The summed E-state index contributed by atoms with van der Waals surface area (Å²) in [5.41, 5.74) is 6.49. The Bertz CT molecular complexity index is 1050. The summed E-state index contributed by atoms with van der Waals surface area (Å²) in [5, 5.41) is 13.7. The van der Waals surface area contributed by atoms with E-state index in [0.717, 1.165) is 36.8 Å². The molecule has 146 valence electrons. The van der Waals surface area contributed by atoms with Gasteiger partial charge >= 0.3 is 0 Å². The zero-order chi connectivity index (χ0) is 19.8. The van der Waals surface area contributed by atoms with Gasteiger partial charge in [0.1, 0.15) is 0 Å². The van der Waals surface area contributed by atoms with E-state index in [-0.39, 0.29) is 0 Å². The van der Waals surface area contributed by atoms with Crippen LogP contribution in [0, 0.1) is 24.2 Å². The van der Waals surface area contributed by atoms with Gasteiger partial charge in [0.25, 0.3) is 0 Å². The Morgan fingerprint density at radius 3 is 2.72 bits per heavy atom. The maximum absolute atomic E-state index is 8.93. The fraction of sp³-hybridized carbons (Fsp3) is 0.375. The molecule has 0 radical (unpaired) electrons. The van der Waals surface area contributed by atoms with E-state index >= 15 is 0 Å². The zero-order valence-corrected chi connectivity index (χ0v) is 16.8. The van der Waals surface area contributed by atoms with Crippen molar-refractivity contribution in [1.29, 1.82) is 5.26 Å². The van der Waals surface area contributed by atoms with E-state index in [1.807, 2.05) is 29.2 Å². The van der Waals surface area contributed by atoms with Gasteiger partial charge in [0, 0.05) is 54.8 Å². The molecule has 0 unspecified atom stereocenters. The van der Waals surface area contributed by atoms with Crippen LogP contribution in [0.25, 0.3) is 11.3 Å². The molecule has 29 heavy (non-hydrogen) atoms. The van der Waals surface area contributed by atoms with Gasteiger partial charge < -0.3 is 0 Å². The monoisotopic (exact) mass is 383 g/mol. The molecule has 1 aromatic carbocycles. The lowest BCUT2D eigenvalue weighted by Crippen LogP contribution is -2.26. The molecule has 0 amide bonds. The first-order valence-electron chi connectivity index (χ1n) is 10.3. The molecule has 3 aromatic rings. The summed E-state index contributed by atoms with van der Waals surface area (Å²) < 4.78 is 1.92. The summed E-state index contributed by atoms with van der Waals surface area (Å²) in [6, 6.07) is 15.4. The van der Waals surface area contributed by atoms with Gasteiger partial charge in [0.05, 0.1) is 24.7 Å². The Kier molecular flexibility index (Phi) is 4.44. The summed E-state index contributed by atoms with van der Waals surface area (Å²) in [7, 11) is 0. The average molecular weight is 383 g/mol. The van der Waals surface area contributed by atoms with Crippen molar-refractivity contribution in [1.82, 2.24) is 19.7 Å². The van der Waals surface area contributed by atoms with Crippen LogP contribution in [0.1, 0.15) is 29.5 Å². The second-order valence-corrected chi connectivity index (χ2v) is 8.50. The minimum atomic E-state index is 0.349. The largest absolute Gasteiger partial charge is 0.298 e. The Morgan fingerprint density at radius 2 is 1.97 bits per heavy atom. The number of pyridine rings is 1. The van der Waals surface area contributed by atoms with Crippen molar-refractivity contribution in [2.45, 2.75) is 38.3 Å². The smallest absolute Gasteiger partial charge is 0.0969 e. The molecular formula is C24H25N5. The SMILES string of the molecule is Cc1ccc([C@]23C[C@H]2CN(Cc2cn(CCC#N)nc2-c2ccncc2)C3)cc1. The van der Waals surface area contributed by atoms with Gasteiger partial charge in [-0.15, -0.1) is 0 Å². The minimum Gasteiger partial charge on any atom is -0.298 e. The van der Waals surface area contributed by atoms with Gasteiger partial charge in [0.15, 0.2) is 0 Å². The molecule has 0 spiro atoms. The lowest BCUT2D eigenvalue weighted by atomic mass is 9.94. The lowest BCUT2D eigenvalue weighted by molar-refractivity contribution is 0.290. The summed E-state index contributed by atoms with van der Waals surface area (Å²) >= 11 is 0. The Morgan fingerprint density at radius 1 is 1.17 bits per heavy atom. The lowest BCUT2D eigenvalue weighted by Gasteiger charge is -2.21. The number of nitriles is 1. The number of aromatic nitrogens is 3. The summed E-state index contributed by atoms with van der Waals surface area (Å²) in [5.74, 6) is 0.767. The van der Waals surface area contributed by atoms with Crippen molar-refractivity contribution in [2.75, 3.05) is 13.1 Å². The standard InChI is InChI=1S/C24H25N5/c1-18-3-5-21(6-4-18)24-13-22(24)16-28(17-24)14-20-15-29(12-2-9-25)27-23(20)19-7-10-26-11-8-19/h3-8,10-11,15,22H,2,12-14,16-17H2,1H3/t22-,24+/m0/s1. The fourth-order valence-corrected chi connectivity index (χ4v) is 4.89. The minimum absolute atomic E-state index is 0.349. The van der Waals surface area contributed by atoms with Crippen LogP contribution < -0.4 is 0 Å². The third-order valence-corrected chi connectivity index (χ3v) is 6.48. The normalized spacial score (nSPS) is 23.0. The maximum atomic E-state index is 8.93. The van der Waals surface area contributed by atoms with E-state index in [4.69, 9.17) is 10.4 Å². The van der Waals surface area contributed by atoms with Gasteiger partial charge in [-0.25, -0.2) is 0 Å². The maximum Gasteiger partial charge on any atom is 0.0969 e. The number of likely N-dealkylation sites (tertiary alicyclic amines) is 1. The first-order valence-corrected chi connectivity index (χ1v) is 10.3. The number of piperidine rings is 1. The quantitative estimate of drug-likeness (QED) is 0.647. The highest BCUT2D eigenvalue weighted by molar-refractivity contribution is 5.62. The molecule has 2 aromatic heterocycles. The third-order valence-electron chi connectivity index (χ3n) is 6.48. The van der Waals surface area contributed by atoms with Gasteiger partial charge in [-0.3, -0.25) is 14.6 Å². The highest BCUT2D eigenvalue weighted by Crippen LogP contribution is 2.59. The Balaban J connectivity index is 1.37. The molecule has 3 heterocycles. The molecule has 5 nitrogen and oxygen atoms in total. The number of rotatable bonds is 6. The molecule has 0 N–H and O–H groups in total. The van der Waals surface area contributed by atoms with E-state index < -0.39 is 0 Å². The van der Waals surface area contributed by atoms with Crippen LogP contribution in [0.4, 0.5) is 0 Å². The molecular weight excluding hydrogens is 358 g/mol. The fourth-order valence-electron chi connectivity index (χ4n) is 4.89. The number of nitrogens with zero attached hydrogens (tertiary/aromatic N) is 5.